The highest BCUT2D eigenvalue weighted by molar-refractivity contribution is 6.26. The van der Waals surface area contributed by atoms with E-state index in [-0.39, 0.29) is 42.7 Å². The van der Waals surface area contributed by atoms with Crippen molar-refractivity contribution < 1.29 is 18.8 Å². The van der Waals surface area contributed by atoms with E-state index in [4.69, 9.17) is 0 Å². The number of hydrogen-bond acceptors (Lipinski definition) is 3. The Kier molecular flexibility index (Phi) is 8.00. The zero-order chi connectivity index (χ0) is 29.1. The Labute approximate surface area is 245 Å². The molecule has 1 fully saturated rings. The largest absolute Gasteiger partial charge is 0.352 e. The normalized spacial score (nSPS) is 15.5. The quantitative estimate of drug-likeness (QED) is 0.271. The summed E-state index contributed by atoms with van der Waals surface area (Å²) in [6.07, 6.45) is 5.44. The van der Waals surface area contributed by atoms with Gasteiger partial charge in [-0.15, -0.1) is 0 Å². The molecule has 7 heteroatoms. The number of rotatable bonds is 9. The minimum absolute atomic E-state index is 0.0690. The molecular weight excluding hydrogens is 529 g/mol. The Hall–Kier alpha value is -4.52. The number of nitrogens with one attached hydrogen (secondary N) is 1. The van der Waals surface area contributed by atoms with Crippen LogP contribution in [0.3, 0.4) is 0 Å². The fourth-order valence-corrected chi connectivity index (χ4v) is 6.25. The van der Waals surface area contributed by atoms with Crippen LogP contribution in [-0.4, -0.2) is 41.2 Å². The van der Waals surface area contributed by atoms with Crippen molar-refractivity contribution in [3.63, 3.8) is 0 Å². The Balaban J connectivity index is 1.34. The molecule has 214 valence electrons. The summed E-state index contributed by atoms with van der Waals surface area (Å²) in [5.41, 5.74) is 2.88. The number of halogens is 1. The first kappa shape index (κ1) is 27.6. The summed E-state index contributed by atoms with van der Waals surface area (Å²) < 4.78 is 13.8. The lowest BCUT2D eigenvalue weighted by atomic mass is 9.94. The molecule has 3 amide bonds. The SMILES string of the molecule is O=C(NC1CCCCC1)[C@@H](Cc1ccccc1)N(Cc1ccc(F)cc1)C(=O)CN1C(=O)c2cccc3cccc1c23. The van der Waals surface area contributed by atoms with Gasteiger partial charge in [-0.25, -0.2) is 4.39 Å². The highest BCUT2D eigenvalue weighted by Crippen LogP contribution is 2.37. The molecular formula is C35H34FN3O3. The molecule has 6 nitrogen and oxygen atoms in total. The minimum atomic E-state index is -0.817. The van der Waals surface area contributed by atoms with Gasteiger partial charge in [0.25, 0.3) is 5.91 Å². The molecule has 0 saturated heterocycles. The second-order valence-corrected chi connectivity index (χ2v) is 11.3. The summed E-state index contributed by atoms with van der Waals surface area (Å²) in [6, 6.07) is 26.1. The van der Waals surface area contributed by atoms with Crippen molar-refractivity contribution in [1.82, 2.24) is 10.2 Å². The molecule has 6 rings (SSSR count). The molecule has 1 aliphatic heterocycles. The van der Waals surface area contributed by atoms with Crippen molar-refractivity contribution in [2.24, 2.45) is 0 Å². The van der Waals surface area contributed by atoms with Gasteiger partial charge in [0.2, 0.25) is 11.8 Å². The first-order chi connectivity index (χ1) is 20.5. The van der Waals surface area contributed by atoms with Crippen LogP contribution in [0.4, 0.5) is 10.1 Å². The van der Waals surface area contributed by atoms with Crippen LogP contribution >= 0.6 is 0 Å². The summed E-state index contributed by atoms with van der Waals surface area (Å²) in [7, 11) is 0. The zero-order valence-corrected chi connectivity index (χ0v) is 23.5. The van der Waals surface area contributed by atoms with E-state index in [2.05, 4.69) is 5.32 Å². The summed E-state index contributed by atoms with van der Waals surface area (Å²) in [5, 5.41) is 5.00. The third-order valence-electron chi connectivity index (χ3n) is 8.43. The molecule has 0 aromatic heterocycles. The Morgan fingerprint density at radius 2 is 1.57 bits per heavy atom. The van der Waals surface area contributed by atoms with Crippen molar-refractivity contribution in [2.75, 3.05) is 11.4 Å². The number of carbonyl (C=O) groups excluding carboxylic acids is 3. The van der Waals surface area contributed by atoms with Gasteiger partial charge in [0.15, 0.2) is 0 Å². The van der Waals surface area contributed by atoms with Crippen molar-refractivity contribution in [3.8, 4) is 0 Å². The standard InChI is InChI=1S/C35H34FN3O3/c36-27-19-17-25(18-20-27)22-38(31(21-24-9-3-1-4-10-24)34(41)37-28-13-5-2-6-14-28)32(40)23-39-30-16-8-12-26-11-7-15-29(33(26)30)35(39)42/h1,3-4,7-12,15-20,28,31H,2,5-6,13-14,21-23H2,(H,37,41)/t31-/m1/s1. The topological polar surface area (TPSA) is 69.7 Å². The molecule has 1 atom stereocenters. The van der Waals surface area contributed by atoms with E-state index >= 15 is 0 Å². The second-order valence-electron chi connectivity index (χ2n) is 11.3. The van der Waals surface area contributed by atoms with E-state index in [0.29, 0.717) is 23.2 Å². The molecule has 0 radical (unpaired) electrons. The number of amides is 3. The van der Waals surface area contributed by atoms with Crippen LogP contribution in [0, 0.1) is 5.82 Å². The third-order valence-corrected chi connectivity index (χ3v) is 8.43. The highest BCUT2D eigenvalue weighted by Gasteiger charge is 2.36. The molecule has 0 unspecified atom stereocenters. The monoisotopic (exact) mass is 563 g/mol. The lowest BCUT2D eigenvalue weighted by Crippen LogP contribution is -2.54. The van der Waals surface area contributed by atoms with E-state index in [1.807, 2.05) is 60.7 Å². The highest BCUT2D eigenvalue weighted by atomic mass is 19.1. The summed E-state index contributed by atoms with van der Waals surface area (Å²) in [4.78, 5) is 44.9. The van der Waals surface area contributed by atoms with Gasteiger partial charge in [-0.2, -0.15) is 0 Å². The maximum Gasteiger partial charge on any atom is 0.259 e. The second kappa shape index (κ2) is 12.1. The molecule has 1 aliphatic carbocycles. The average molecular weight is 564 g/mol. The van der Waals surface area contributed by atoms with Gasteiger partial charge in [-0.05, 0) is 53.6 Å². The molecule has 1 saturated carbocycles. The lowest BCUT2D eigenvalue weighted by Gasteiger charge is -2.34. The average Bonchev–Trinajstić information content (AvgIpc) is 3.28. The lowest BCUT2D eigenvalue weighted by molar-refractivity contribution is -0.140. The van der Waals surface area contributed by atoms with Gasteiger partial charge < -0.3 is 10.2 Å². The van der Waals surface area contributed by atoms with Gasteiger partial charge >= 0.3 is 0 Å². The number of benzene rings is 4. The smallest absolute Gasteiger partial charge is 0.259 e. The molecule has 4 aromatic rings. The number of nitrogens with zero attached hydrogens (tertiary/aromatic N) is 2. The zero-order valence-electron chi connectivity index (χ0n) is 23.5. The van der Waals surface area contributed by atoms with E-state index in [0.717, 1.165) is 48.4 Å². The van der Waals surface area contributed by atoms with Crippen LogP contribution < -0.4 is 10.2 Å². The molecule has 42 heavy (non-hydrogen) atoms. The summed E-state index contributed by atoms with van der Waals surface area (Å²) in [5.74, 6) is -1.17. The van der Waals surface area contributed by atoms with E-state index in [1.165, 1.54) is 17.0 Å². The van der Waals surface area contributed by atoms with Gasteiger partial charge in [0.05, 0.1) is 5.69 Å². The fourth-order valence-electron chi connectivity index (χ4n) is 6.25. The van der Waals surface area contributed by atoms with Crippen LogP contribution in [-0.2, 0) is 22.6 Å². The molecule has 0 spiro atoms. The number of anilines is 1. The first-order valence-electron chi connectivity index (χ1n) is 14.7. The summed E-state index contributed by atoms with van der Waals surface area (Å²) in [6.45, 7) is -0.107. The van der Waals surface area contributed by atoms with Crippen LogP contribution in [0.1, 0.15) is 53.6 Å². The van der Waals surface area contributed by atoms with Crippen LogP contribution in [0.25, 0.3) is 10.8 Å². The Morgan fingerprint density at radius 1 is 0.857 bits per heavy atom. The third kappa shape index (κ3) is 5.77. The predicted octanol–water partition coefficient (Wildman–Crippen LogP) is 6.03. The van der Waals surface area contributed by atoms with E-state index in [9.17, 15) is 18.8 Å². The van der Waals surface area contributed by atoms with Crippen molar-refractivity contribution >= 4 is 34.2 Å². The maximum atomic E-state index is 14.3. The minimum Gasteiger partial charge on any atom is -0.352 e. The van der Waals surface area contributed by atoms with Crippen molar-refractivity contribution in [1.29, 1.82) is 0 Å². The Bertz CT molecular complexity index is 1590. The van der Waals surface area contributed by atoms with Crippen LogP contribution in [0.2, 0.25) is 0 Å². The van der Waals surface area contributed by atoms with E-state index in [1.54, 1.807) is 23.1 Å². The van der Waals surface area contributed by atoms with Crippen molar-refractivity contribution in [2.45, 2.75) is 57.2 Å². The molecule has 4 aromatic carbocycles. The van der Waals surface area contributed by atoms with Crippen LogP contribution in [0.15, 0.2) is 91.0 Å². The molecule has 1 heterocycles. The number of hydrogen-bond donors (Lipinski definition) is 1. The number of carbonyl (C=O) groups is 3. The first-order valence-corrected chi connectivity index (χ1v) is 14.7. The van der Waals surface area contributed by atoms with Gasteiger partial charge in [0, 0.05) is 30.0 Å². The van der Waals surface area contributed by atoms with E-state index < -0.39 is 6.04 Å². The summed E-state index contributed by atoms with van der Waals surface area (Å²) >= 11 is 0. The van der Waals surface area contributed by atoms with Gasteiger partial charge in [-0.1, -0.05) is 86.0 Å². The van der Waals surface area contributed by atoms with Gasteiger partial charge in [0.1, 0.15) is 18.4 Å². The maximum absolute atomic E-state index is 14.3. The predicted molar refractivity (Wildman–Crippen MR) is 162 cm³/mol. The van der Waals surface area contributed by atoms with Crippen molar-refractivity contribution in [3.05, 3.63) is 114 Å². The fraction of sp³-hybridized carbons (Fsp3) is 0.286. The molecule has 1 N–H and O–H groups in total. The molecule has 2 aliphatic rings. The van der Waals surface area contributed by atoms with Gasteiger partial charge in [-0.3, -0.25) is 19.3 Å². The van der Waals surface area contributed by atoms with Crippen LogP contribution in [0.5, 0.6) is 0 Å². The Morgan fingerprint density at radius 3 is 2.31 bits per heavy atom. The molecule has 0 bridgehead atoms.